The Morgan fingerprint density at radius 3 is 2.74 bits per heavy atom. The number of amides is 1. The van der Waals surface area contributed by atoms with Gasteiger partial charge in [0.05, 0.1) is 28.0 Å². The summed E-state index contributed by atoms with van der Waals surface area (Å²) in [6.45, 7) is 0.437. The number of halogens is 1. The van der Waals surface area contributed by atoms with Crippen LogP contribution in [0, 0.1) is 0 Å². The van der Waals surface area contributed by atoms with Crippen molar-refractivity contribution < 1.29 is 9.53 Å². The van der Waals surface area contributed by atoms with E-state index in [4.69, 9.17) is 16.3 Å². The predicted octanol–water partition coefficient (Wildman–Crippen LogP) is 5.04. The maximum absolute atomic E-state index is 12.0. The van der Waals surface area contributed by atoms with Gasteiger partial charge in [-0.25, -0.2) is 10.4 Å². The quantitative estimate of drug-likeness (QED) is 0.224. The summed E-state index contributed by atoms with van der Waals surface area (Å²) >= 11 is 7.62. The number of nitrogens with zero attached hydrogens (tertiary/aromatic N) is 2. The molecular weight excluding hydrogens is 432 g/mol. The van der Waals surface area contributed by atoms with Gasteiger partial charge < -0.3 is 9.72 Å². The highest BCUT2D eigenvalue weighted by molar-refractivity contribution is 7.99. The summed E-state index contributed by atoms with van der Waals surface area (Å²) in [7, 11) is 0. The van der Waals surface area contributed by atoms with Gasteiger partial charge in [-0.1, -0.05) is 65.8 Å². The average Bonchev–Trinajstić information content (AvgIpc) is 3.21. The molecule has 0 atom stereocenters. The molecule has 0 aliphatic rings. The molecular formula is C23H19ClN4O2S. The molecule has 0 fully saturated rings. The van der Waals surface area contributed by atoms with Crippen LogP contribution in [0.3, 0.4) is 0 Å². The van der Waals surface area contributed by atoms with E-state index in [9.17, 15) is 4.79 Å². The molecule has 1 amide bonds. The molecule has 0 aliphatic carbocycles. The molecule has 8 heteroatoms. The van der Waals surface area contributed by atoms with Crippen LogP contribution in [0.25, 0.3) is 11.0 Å². The second-order valence-electron chi connectivity index (χ2n) is 6.61. The lowest BCUT2D eigenvalue weighted by atomic mass is 10.2. The summed E-state index contributed by atoms with van der Waals surface area (Å²) in [6.07, 6.45) is 1.54. The molecule has 3 aromatic carbocycles. The third-order valence-electron chi connectivity index (χ3n) is 4.30. The van der Waals surface area contributed by atoms with E-state index in [0.29, 0.717) is 22.5 Å². The smallest absolute Gasteiger partial charge is 0.250 e. The van der Waals surface area contributed by atoms with Crippen LogP contribution in [0.15, 0.2) is 83.1 Å². The Morgan fingerprint density at radius 1 is 1.13 bits per heavy atom. The maximum atomic E-state index is 12.0. The second-order valence-corrected chi connectivity index (χ2v) is 7.98. The number of hydrogen-bond acceptors (Lipinski definition) is 5. The first-order chi connectivity index (χ1) is 15.2. The van der Waals surface area contributed by atoms with E-state index in [2.05, 4.69) is 20.5 Å². The largest absolute Gasteiger partial charge is 0.487 e. The van der Waals surface area contributed by atoms with Crippen LogP contribution < -0.4 is 10.2 Å². The average molecular weight is 451 g/mol. The van der Waals surface area contributed by atoms with Crippen molar-refractivity contribution in [1.29, 1.82) is 0 Å². The summed E-state index contributed by atoms with van der Waals surface area (Å²) in [4.78, 5) is 19.6. The van der Waals surface area contributed by atoms with Crippen LogP contribution in [-0.4, -0.2) is 27.8 Å². The van der Waals surface area contributed by atoms with E-state index in [1.165, 1.54) is 18.0 Å². The molecule has 1 heterocycles. The van der Waals surface area contributed by atoms with Crippen molar-refractivity contribution in [3.8, 4) is 5.75 Å². The SMILES string of the molecule is O=C(CSc1nc2ccccc2[nH]1)N/N=C\c1ccc(OCc2ccccc2)c(Cl)c1. The van der Waals surface area contributed by atoms with Gasteiger partial charge in [-0.3, -0.25) is 4.79 Å². The number of aromatic nitrogens is 2. The van der Waals surface area contributed by atoms with Gasteiger partial charge in [0.25, 0.3) is 5.91 Å². The Bertz CT molecular complexity index is 1180. The second kappa shape index (κ2) is 10.1. The summed E-state index contributed by atoms with van der Waals surface area (Å²) in [5.41, 5.74) is 6.14. The van der Waals surface area contributed by atoms with Gasteiger partial charge in [0.1, 0.15) is 12.4 Å². The zero-order chi connectivity index (χ0) is 21.5. The first-order valence-electron chi connectivity index (χ1n) is 9.53. The molecule has 0 spiro atoms. The number of fused-ring (bicyclic) bond motifs is 1. The van der Waals surface area contributed by atoms with Gasteiger partial charge in [0.15, 0.2) is 5.16 Å². The normalized spacial score (nSPS) is 11.1. The van der Waals surface area contributed by atoms with Crippen LogP contribution in [0.5, 0.6) is 5.75 Å². The summed E-state index contributed by atoms with van der Waals surface area (Å²) in [6, 6.07) is 22.9. The Balaban J connectivity index is 1.26. The standard InChI is InChI=1S/C23H19ClN4O2S/c24-18-12-17(10-11-21(18)30-14-16-6-2-1-3-7-16)13-25-28-22(29)15-31-23-26-19-8-4-5-9-20(19)27-23/h1-13H,14-15H2,(H,26,27)(H,28,29)/b25-13-. The molecule has 1 aromatic heterocycles. The van der Waals surface area contributed by atoms with Crippen molar-refractivity contribution in [2.45, 2.75) is 11.8 Å². The maximum Gasteiger partial charge on any atom is 0.250 e. The number of ether oxygens (including phenoxy) is 1. The topological polar surface area (TPSA) is 79.4 Å². The highest BCUT2D eigenvalue weighted by Gasteiger charge is 2.07. The van der Waals surface area contributed by atoms with Gasteiger partial charge >= 0.3 is 0 Å². The Labute approximate surface area is 188 Å². The number of thioether (sulfide) groups is 1. The number of carbonyl (C=O) groups is 1. The summed E-state index contributed by atoms with van der Waals surface area (Å²) in [5.74, 6) is 0.564. The number of H-pyrrole nitrogens is 1. The van der Waals surface area contributed by atoms with E-state index in [-0.39, 0.29) is 11.7 Å². The van der Waals surface area contributed by atoms with E-state index in [0.717, 1.165) is 22.2 Å². The van der Waals surface area contributed by atoms with Crippen LogP contribution in [-0.2, 0) is 11.4 Å². The molecule has 0 unspecified atom stereocenters. The first kappa shape index (κ1) is 21.0. The molecule has 6 nitrogen and oxygen atoms in total. The minimum Gasteiger partial charge on any atom is -0.487 e. The number of nitrogens with one attached hydrogen (secondary N) is 2. The summed E-state index contributed by atoms with van der Waals surface area (Å²) in [5, 5.41) is 5.16. The molecule has 0 radical (unpaired) electrons. The Kier molecular flexibility index (Phi) is 6.86. The van der Waals surface area contributed by atoms with Crippen molar-refractivity contribution >= 4 is 46.5 Å². The Hall–Kier alpha value is -3.29. The number of aromatic amines is 1. The van der Waals surface area contributed by atoms with Crippen molar-refractivity contribution in [2.75, 3.05) is 5.75 Å². The molecule has 0 saturated carbocycles. The van der Waals surface area contributed by atoms with Crippen LogP contribution >= 0.6 is 23.4 Å². The van der Waals surface area contributed by atoms with Gasteiger partial charge in [-0.2, -0.15) is 5.10 Å². The summed E-state index contributed by atoms with van der Waals surface area (Å²) < 4.78 is 5.76. The number of hydrogen-bond donors (Lipinski definition) is 2. The van der Waals surface area contributed by atoms with E-state index in [1.54, 1.807) is 12.1 Å². The molecule has 0 aliphatic heterocycles. The van der Waals surface area contributed by atoms with Crippen molar-refractivity contribution in [3.05, 3.63) is 88.9 Å². The molecule has 0 saturated heterocycles. The number of benzene rings is 3. The van der Waals surface area contributed by atoms with Crippen LogP contribution in [0.4, 0.5) is 0 Å². The Morgan fingerprint density at radius 2 is 1.94 bits per heavy atom. The van der Waals surface area contributed by atoms with Crippen molar-refractivity contribution in [3.63, 3.8) is 0 Å². The monoisotopic (exact) mass is 450 g/mol. The van der Waals surface area contributed by atoms with Crippen LogP contribution in [0.2, 0.25) is 5.02 Å². The minimum atomic E-state index is -0.226. The van der Waals surface area contributed by atoms with Gasteiger partial charge in [-0.05, 0) is 41.5 Å². The van der Waals surface area contributed by atoms with Gasteiger partial charge in [0.2, 0.25) is 0 Å². The number of rotatable bonds is 8. The third kappa shape index (κ3) is 5.87. The zero-order valence-electron chi connectivity index (χ0n) is 16.4. The zero-order valence-corrected chi connectivity index (χ0v) is 18.0. The van der Waals surface area contributed by atoms with Crippen LogP contribution in [0.1, 0.15) is 11.1 Å². The third-order valence-corrected chi connectivity index (χ3v) is 5.47. The predicted molar refractivity (Wildman–Crippen MR) is 125 cm³/mol. The van der Waals surface area contributed by atoms with Crippen molar-refractivity contribution in [2.24, 2.45) is 5.10 Å². The van der Waals surface area contributed by atoms with E-state index >= 15 is 0 Å². The lowest BCUT2D eigenvalue weighted by Crippen LogP contribution is -2.19. The van der Waals surface area contributed by atoms with Crippen molar-refractivity contribution in [1.82, 2.24) is 15.4 Å². The fourth-order valence-corrected chi connectivity index (χ4v) is 3.71. The molecule has 4 aromatic rings. The minimum absolute atomic E-state index is 0.199. The van der Waals surface area contributed by atoms with E-state index in [1.807, 2.05) is 60.7 Å². The number of para-hydroxylation sites is 2. The number of carbonyl (C=O) groups excluding carboxylic acids is 1. The first-order valence-corrected chi connectivity index (χ1v) is 10.9. The lowest BCUT2D eigenvalue weighted by molar-refractivity contribution is -0.118. The fourth-order valence-electron chi connectivity index (χ4n) is 2.79. The van der Waals surface area contributed by atoms with Gasteiger partial charge in [0, 0.05) is 0 Å². The molecule has 4 rings (SSSR count). The molecule has 0 bridgehead atoms. The number of imidazole rings is 1. The lowest BCUT2D eigenvalue weighted by Gasteiger charge is -2.08. The van der Waals surface area contributed by atoms with Gasteiger partial charge in [-0.15, -0.1) is 0 Å². The van der Waals surface area contributed by atoms with E-state index < -0.39 is 0 Å². The highest BCUT2D eigenvalue weighted by atomic mass is 35.5. The molecule has 2 N–H and O–H groups in total. The highest BCUT2D eigenvalue weighted by Crippen LogP contribution is 2.26. The molecule has 156 valence electrons. The number of hydrazone groups is 1. The fraction of sp³-hybridized carbons (Fsp3) is 0.0870. The molecule has 31 heavy (non-hydrogen) atoms.